The largest absolute Gasteiger partial charge is 0.399 e. The van der Waals surface area contributed by atoms with Gasteiger partial charge in [-0.25, -0.2) is 0 Å². The average molecular weight is 266 g/mol. The number of allylic oxidation sites excluding steroid dienone is 2. The Morgan fingerprint density at radius 2 is 2.05 bits per heavy atom. The van der Waals surface area contributed by atoms with Crippen LogP contribution in [0, 0.1) is 6.92 Å². The van der Waals surface area contributed by atoms with E-state index in [-0.39, 0.29) is 0 Å². The monoisotopic (exact) mass is 266 g/mol. The first-order chi connectivity index (χ1) is 9.61. The molecule has 2 nitrogen and oxygen atoms in total. The van der Waals surface area contributed by atoms with Gasteiger partial charge in [-0.05, 0) is 55.2 Å². The van der Waals surface area contributed by atoms with E-state index >= 15 is 0 Å². The summed E-state index contributed by atoms with van der Waals surface area (Å²) < 4.78 is 0. The van der Waals surface area contributed by atoms with Crippen molar-refractivity contribution < 1.29 is 0 Å². The van der Waals surface area contributed by atoms with E-state index in [4.69, 9.17) is 5.73 Å². The van der Waals surface area contributed by atoms with Gasteiger partial charge in [0.25, 0.3) is 0 Å². The van der Waals surface area contributed by atoms with Gasteiger partial charge in [0.05, 0.1) is 0 Å². The number of anilines is 1. The fraction of sp³-hybridized carbons (Fsp3) is 0.278. The van der Waals surface area contributed by atoms with E-state index in [1.807, 2.05) is 24.4 Å². The minimum absolute atomic E-state index is 0.780. The number of hydrogen-bond donors (Lipinski definition) is 1. The lowest BCUT2D eigenvalue weighted by Gasteiger charge is -2.09. The van der Waals surface area contributed by atoms with Gasteiger partial charge in [-0.2, -0.15) is 0 Å². The number of aromatic nitrogens is 1. The van der Waals surface area contributed by atoms with E-state index in [1.54, 1.807) is 0 Å². The molecule has 0 aliphatic rings. The predicted molar refractivity (Wildman–Crippen MR) is 87.4 cm³/mol. The molecule has 0 radical (unpaired) electrons. The smallest absolute Gasteiger partial charge is 0.0447 e. The van der Waals surface area contributed by atoms with E-state index < -0.39 is 0 Å². The maximum absolute atomic E-state index is 5.86. The molecule has 1 aromatic carbocycles. The van der Waals surface area contributed by atoms with Crippen molar-refractivity contribution in [2.45, 2.75) is 33.6 Å². The number of pyridine rings is 1. The molecule has 104 valence electrons. The number of rotatable bonds is 4. The Kier molecular flexibility index (Phi) is 4.57. The number of benzene rings is 1. The molecule has 2 heteroatoms. The van der Waals surface area contributed by atoms with Gasteiger partial charge in [0.15, 0.2) is 0 Å². The Hall–Kier alpha value is -2.09. The van der Waals surface area contributed by atoms with Crippen molar-refractivity contribution >= 4 is 11.3 Å². The summed E-state index contributed by atoms with van der Waals surface area (Å²) in [7, 11) is 0. The standard InChI is InChI=1S/C18H22N2/c1-4-5-7-13(2)18-11-16(12-20-14(18)3)15-8-6-9-17(19)10-15/h6-12H,4-5,19H2,1-3H3/b13-7-. The summed E-state index contributed by atoms with van der Waals surface area (Å²) in [6.07, 6.45) is 6.47. The highest BCUT2D eigenvalue weighted by Gasteiger charge is 2.06. The molecule has 0 saturated heterocycles. The maximum atomic E-state index is 5.86. The SMILES string of the molecule is CCC/C=C(/C)c1cc(-c2cccc(N)c2)cnc1C. The van der Waals surface area contributed by atoms with Gasteiger partial charge >= 0.3 is 0 Å². The summed E-state index contributed by atoms with van der Waals surface area (Å²) in [6.45, 7) is 6.41. The van der Waals surface area contributed by atoms with Crippen molar-refractivity contribution in [2.75, 3.05) is 5.73 Å². The second kappa shape index (κ2) is 6.38. The van der Waals surface area contributed by atoms with Crippen LogP contribution < -0.4 is 5.73 Å². The molecule has 0 atom stereocenters. The molecule has 0 aliphatic carbocycles. The molecule has 0 spiro atoms. The number of nitrogens with zero attached hydrogens (tertiary/aromatic N) is 1. The fourth-order valence-electron chi connectivity index (χ4n) is 2.28. The summed E-state index contributed by atoms with van der Waals surface area (Å²) in [5.41, 5.74) is 12.5. The Morgan fingerprint density at radius 3 is 2.75 bits per heavy atom. The van der Waals surface area contributed by atoms with Gasteiger partial charge < -0.3 is 5.73 Å². The molecule has 0 bridgehead atoms. The average Bonchev–Trinajstić information content (AvgIpc) is 2.45. The van der Waals surface area contributed by atoms with Gasteiger partial charge in [-0.1, -0.05) is 31.6 Å². The molecule has 0 amide bonds. The molecule has 0 aliphatic heterocycles. The number of nitrogen functional groups attached to an aromatic ring is 1. The van der Waals surface area contributed by atoms with Crippen molar-refractivity contribution in [1.82, 2.24) is 4.98 Å². The highest BCUT2D eigenvalue weighted by molar-refractivity contribution is 5.73. The van der Waals surface area contributed by atoms with Crippen LogP contribution in [-0.2, 0) is 0 Å². The summed E-state index contributed by atoms with van der Waals surface area (Å²) in [6, 6.07) is 10.1. The van der Waals surface area contributed by atoms with Crippen LogP contribution in [0.1, 0.15) is 37.9 Å². The zero-order valence-electron chi connectivity index (χ0n) is 12.5. The van der Waals surface area contributed by atoms with Crippen molar-refractivity contribution in [3.63, 3.8) is 0 Å². The number of aryl methyl sites for hydroxylation is 1. The molecular formula is C18H22N2. The second-order valence-corrected chi connectivity index (χ2v) is 5.16. The lowest BCUT2D eigenvalue weighted by atomic mass is 9.99. The molecule has 1 heterocycles. The predicted octanol–water partition coefficient (Wildman–Crippen LogP) is 4.84. The van der Waals surface area contributed by atoms with Crippen LogP contribution in [0.2, 0.25) is 0 Å². The molecule has 2 N–H and O–H groups in total. The van der Waals surface area contributed by atoms with Crippen LogP contribution in [0.4, 0.5) is 5.69 Å². The van der Waals surface area contributed by atoms with E-state index in [0.717, 1.165) is 28.9 Å². The van der Waals surface area contributed by atoms with E-state index in [9.17, 15) is 0 Å². The first-order valence-corrected chi connectivity index (χ1v) is 7.11. The minimum atomic E-state index is 0.780. The van der Waals surface area contributed by atoms with Crippen LogP contribution in [0.3, 0.4) is 0 Å². The molecule has 0 saturated carbocycles. The minimum Gasteiger partial charge on any atom is -0.399 e. The zero-order chi connectivity index (χ0) is 14.5. The highest BCUT2D eigenvalue weighted by atomic mass is 14.7. The van der Waals surface area contributed by atoms with Gasteiger partial charge in [0.1, 0.15) is 0 Å². The van der Waals surface area contributed by atoms with Crippen molar-refractivity contribution in [2.24, 2.45) is 0 Å². The molecular weight excluding hydrogens is 244 g/mol. The Balaban J connectivity index is 2.43. The highest BCUT2D eigenvalue weighted by Crippen LogP contribution is 2.26. The van der Waals surface area contributed by atoms with Crippen LogP contribution >= 0.6 is 0 Å². The van der Waals surface area contributed by atoms with Crippen LogP contribution in [0.5, 0.6) is 0 Å². The third kappa shape index (κ3) is 3.27. The van der Waals surface area contributed by atoms with E-state index in [2.05, 4.69) is 44.0 Å². The Morgan fingerprint density at radius 1 is 1.25 bits per heavy atom. The number of unbranched alkanes of at least 4 members (excludes halogenated alkanes) is 1. The maximum Gasteiger partial charge on any atom is 0.0447 e. The third-order valence-electron chi connectivity index (χ3n) is 3.47. The first-order valence-electron chi connectivity index (χ1n) is 7.11. The third-order valence-corrected chi connectivity index (χ3v) is 3.47. The van der Waals surface area contributed by atoms with Crippen molar-refractivity contribution in [1.29, 1.82) is 0 Å². The zero-order valence-corrected chi connectivity index (χ0v) is 12.5. The molecule has 1 aromatic heterocycles. The molecule has 0 fully saturated rings. The Labute approximate surface area is 121 Å². The van der Waals surface area contributed by atoms with Crippen LogP contribution in [0.15, 0.2) is 42.6 Å². The first kappa shape index (κ1) is 14.3. The second-order valence-electron chi connectivity index (χ2n) is 5.16. The fourth-order valence-corrected chi connectivity index (χ4v) is 2.28. The van der Waals surface area contributed by atoms with Crippen LogP contribution in [0.25, 0.3) is 16.7 Å². The molecule has 0 unspecified atom stereocenters. The lowest BCUT2D eigenvalue weighted by molar-refractivity contribution is 0.958. The summed E-state index contributed by atoms with van der Waals surface area (Å²) in [5.74, 6) is 0. The molecule has 2 rings (SSSR count). The van der Waals surface area contributed by atoms with Crippen LogP contribution in [-0.4, -0.2) is 4.98 Å². The topological polar surface area (TPSA) is 38.9 Å². The van der Waals surface area contributed by atoms with Gasteiger partial charge in [0, 0.05) is 23.1 Å². The summed E-state index contributed by atoms with van der Waals surface area (Å²) in [5, 5.41) is 0. The quantitative estimate of drug-likeness (QED) is 0.804. The van der Waals surface area contributed by atoms with E-state index in [1.165, 1.54) is 17.6 Å². The van der Waals surface area contributed by atoms with Gasteiger partial charge in [-0.15, -0.1) is 0 Å². The van der Waals surface area contributed by atoms with Crippen molar-refractivity contribution in [3.05, 3.63) is 53.9 Å². The van der Waals surface area contributed by atoms with E-state index in [0.29, 0.717) is 0 Å². The Bertz CT molecular complexity index is 627. The van der Waals surface area contributed by atoms with Gasteiger partial charge in [-0.3, -0.25) is 4.98 Å². The summed E-state index contributed by atoms with van der Waals surface area (Å²) >= 11 is 0. The molecule has 2 aromatic rings. The lowest BCUT2D eigenvalue weighted by Crippen LogP contribution is -1.93. The number of hydrogen-bond acceptors (Lipinski definition) is 2. The van der Waals surface area contributed by atoms with Crippen molar-refractivity contribution in [3.8, 4) is 11.1 Å². The normalized spacial score (nSPS) is 11.7. The van der Waals surface area contributed by atoms with Gasteiger partial charge in [0.2, 0.25) is 0 Å². The summed E-state index contributed by atoms with van der Waals surface area (Å²) in [4.78, 5) is 4.53. The molecule has 20 heavy (non-hydrogen) atoms. The number of nitrogens with two attached hydrogens (primary N) is 1.